The second-order valence-electron chi connectivity index (χ2n) is 7.80. The van der Waals surface area contributed by atoms with E-state index in [-0.39, 0.29) is 34.0 Å². The number of unbranched alkanes of at least 4 members (excludes halogenated alkanes) is 2. The van der Waals surface area contributed by atoms with Crippen LogP contribution in [0.3, 0.4) is 0 Å². The zero-order valence-electron chi connectivity index (χ0n) is 18.2. The Morgan fingerprint density at radius 2 is 0.933 bits per heavy atom. The molecule has 0 bridgehead atoms. The molecule has 0 atom stereocenters. The molecule has 0 saturated carbocycles. The lowest BCUT2D eigenvalue weighted by Gasteiger charge is -2.05. The fourth-order valence-electron chi connectivity index (χ4n) is 3.72. The number of hydrogen-bond donors (Lipinski definition) is 0. The first-order chi connectivity index (χ1) is 13.7. The number of aryl methyl sites for hydroxylation is 6. The zero-order chi connectivity index (χ0) is 19.6. The van der Waals surface area contributed by atoms with E-state index >= 15 is 0 Å². The summed E-state index contributed by atoms with van der Waals surface area (Å²) in [5.74, 6) is 0. The van der Waals surface area contributed by atoms with Gasteiger partial charge in [-0.05, 0) is 36.8 Å². The van der Waals surface area contributed by atoms with Gasteiger partial charge in [0.25, 0.3) is 0 Å². The molecular weight excluding hydrogens is 500 g/mol. The monoisotopic (exact) mass is 532 g/mol. The van der Waals surface area contributed by atoms with Gasteiger partial charge in [-0.25, -0.2) is 9.13 Å². The lowest BCUT2D eigenvalue weighted by atomic mass is 10.0. The molecule has 0 aliphatic heterocycles. The first kappa shape index (κ1) is 26.5. The maximum Gasteiger partial charge on any atom is 0.178 e. The molecule has 2 heterocycles. The summed E-state index contributed by atoms with van der Waals surface area (Å²) >= 11 is 0. The van der Waals surface area contributed by atoms with Crippen LogP contribution in [-0.4, -0.2) is 0 Å². The molecule has 0 radical (unpaired) electrons. The van der Waals surface area contributed by atoms with Crippen molar-refractivity contribution in [1.82, 2.24) is 0 Å². The first-order valence-corrected chi connectivity index (χ1v) is 10.7. The van der Waals surface area contributed by atoms with Gasteiger partial charge in [-0.1, -0.05) is 36.4 Å². The van der Waals surface area contributed by atoms with E-state index in [1.807, 2.05) is 0 Å². The third kappa shape index (κ3) is 8.69. The SMILES string of the molecule is Cc1cccc[n+]1CCCCc1ccc(CCCC[n+]2ccccc2C)cc1.[Br-].[Br-]. The fourth-order valence-corrected chi connectivity index (χ4v) is 3.72. The number of aromatic nitrogens is 2. The second kappa shape index (κ2) is 14.5. The Hall–Kier alpha value is -1.52. The van der Waals surface area contributed by atoms with Gasteiger partial charge in [0, 0.05) is 51.0 Å². The Bertz CT molecular complexity index is 790. The van der Waals surface area contributed by atoms with Gasteiger partial charge < -0.3 is 34.0 Å². The van der Waals surface area contributed by atoms with Crippen molar-refractivity contribution in [3.63, 3.8) is 0 Å². The van der Waals surface area contributed by atoms with Gasteiger partial charge in [-0.15, -0.1) is 0 Å². The van der Waals surface area contributed by atoms with E-state index in [4.69, 9.17) is 0 Å². The van der Waals surface area contributed by atoms with Crippen molar-refractivity contribution in [3.05, 3.63) is 95.6 Å². The number of pyridine rings is 2. The molecule has 3 rings (SSSR count). The van der Waals surface area contributed by atoms with E-state index in [0.29, 0.717) is 0 Å². The predicted octanol–water partition coefficient (Wildman–Crippen LogP) is -1.07. The molecule has 0 saturated heterocycles. The van der Waals surface area contributed by atoms with Crippen LogP contribution < -0.4 is 43.1 Å². The molecule has 2 nitrogen and oxygen atoms in total. The zero-order valence-corrected chi connectivity index (χ0v) is 21.4. The largest absolute Gasteiger partial charge is 1.00 e. The van der Waals surface area contributed by atoms with E-state index < -0.39 is 0 Å². The normalized spacial score (nSPS) is 10.2. The highest BCUT2D eigenvalue weighted by Crippen LogP contribution is 2.11. The van der Waals surface area contributed by atoms with Crippen LogP contribution in [0.5, 0.6) is 0 Å². The van der Waals surface area contributed by atoms with Crippen LogP contribution in [0, 0.1) is 13.8 Å². The maximum absolute atomic E-state index is 2.35. The van der Waals surface area contributed by atoms with Crippen LogP contribution in [-0.2, 0) is 25.9 Å². The fraction of sp³-hybridized carbons (Fsp3) is 0.385. The smallest absolute Gasteiger partial charge is 0.178 e. The summed E-state index contributed by atoms with van der Waals surface area (Å²) < 4.78 is 4.69. The van der Waals surface area contributed by atoms with Crippen LogP contribution in [0.25, 0.3) is 0 Å². The van der Waals surface area contributed by atoms with Gasteiger partial charge in [0.15, 0.2) is 23.8 Å². The molecule has 1 aromatic carbocycles. The molecule has 0 aliphatic carbocycles. The summed E-state index contributed by atoms with van der Waals surface area (Å²) in [7, 11) is 0. The van der Waals surface area contributed by atoms with E-state index in [2.05, 4.69) is 96.0 Å². The summed E-state index contributed by atoms with van der Waals surface area (Å²) in [6.45, 7) is 6.59. The Morgan fingerprint density at radius 3 is 1.30 bits per heavy atom. The van der Waals surface area contributed by atoms with E-state index in [1.54, 1.807) is 0 Å². The van der Waals surface area contributed by atoms with Crippen LogP contribution in [0.15, 0.2) is 73.1 Å². The van der Waals surface area contributed by atoms with Gasteiger partial charge in [0.1, 0.15) is 13.1 Å². The summed E-state index contributed by atoms with van der Waals surface area (Å²) in [6.07, 6.45) is 11.7. The number of rotatable bonds is 10. The molecule has 30 heavy (non-hydrogen) atoms. The predicted molar refractivity (Wildman–Crippen MR) is 115 cm³/mol. The molecule has 0 spiro atoms. The molecule has 2 aromatic heterocycles. The second-order valence-corrected chi connectivity index (χ2v) is 7.80. The molecular formula is C26H34Br2N2. The van der Waals surface area contributed by atoms with Crippen molar-refractivity contribution in [2.45, 2.75) is 65.5 Å². The lowest BCUT2D eigenvalue weighted by Crippen LogP contribution is -3.00. The lowest BCUT2D eigenvalue weighted by molar-refractivity contribution is -0.703. The van der Waals surface area contributed by atoms with Gasteiger partial charge >= 0.3 is 0 Å². The van der Waals surface area contributed by atoms with Gasteiger partial charge in [-0.3, -0.25) is 0 Å². The Labute approximate surface area is 203 Å². The quantitative estimate of drug-likeness (QED) is 0.232. The van der Waals surface area contributed by atoms with Crippen molar-refractivity contribution in [2.75, 3.05) is 0 Å². The Balaban J connectivity index is 0.00000225. The van der Waals surface area contributed by atoms with Crippen LogP contribution in [0.1, 0.15) is 48.2 Å². The molecule has 0 aliphatic rings. The Morgan fingerprint density at radius 1 is 0.533 bits per heavy atom. The average Bonchev–Trinajstić information content (AvgIpc) is 2.72. The molecule has 4 heteroatoms. The Kier molecular flexibility index (Phi) is 12.8. The number of benzene rings is 1. The summed E-state index contributed by atoms with van der Waals surface area (Å²) in [4.78, 5) is 0. The van der Waals surface area contributed by atoms with Crippen LogP contribution >= 0.6 is 0 Å². The highest BCUT2D eigenvalue weighted by molar-refractivity contribution is 5.22. The highest BCUT2D eigenvalue weighted by Gasteiger charge is 2.05. The van der Waals surface area contributed by atoms with Crippen molar-refractivity contribution in [1.29, 1.82) is 0 Å². The number of halogens is 2. The van der Waals surface area contributed by atoms with Crippen LogP contribution in [0.2, 0.25) is 0 Å². The molecule has 0 amide bonds. The van der Waals surface area contributed by atoms with Gasteiger partial charge in [0.05, 0.1) is 0 Å². The summed E-state index contributed by atoms with van der Waals surface area (Å²) in [6, 6.07) is 22.1. The minimum absolute atomic E-state index is 0. The van der Waals surface area contributed by atoms with E-state index in [1.165, 1.54) is 61.0 Å². The minimum atomic E-state index is 0. The standard InChI is InChI=1S/C26H34N2.2BrH/c1-23-11-3-7-19-27(23)21-9-5-13-25-15-17-26(18-16-25)14-6-10-22-28-20-8-4-12-24(28)2;;/h3-4,7-8,11-12,15-20H,5-6,9-10,13-14,21-22H2,1-2H3;2*1H/q+2;;/p-2. The summed E-state index contributed by atoms with van der Waals surface area (Å²) in [5, 5.41) is 0. The molecule has 3 aromatic rings. The van der Waals surface area contributed by atoms with Crippen molar-refractivity contribution >= 4 is 0 Å². The molecule has 0 N–H and O–H groups in total. The van der Waals surface area contributed by atoms with Gasteiger partial charge in [-0.2, -0.15) is 0 Å². The van der Waals surface area contributed by atoms with E-state index in [0.717, 1.165) is 13.1 Å². The summed E-state index contributed by atoms with van der Waals surface area (Å²) in [5.41, 5.74) is 5.61. The minimum Gasteiger partial charge on any atom is -1.00 e. The number of nitrogens with zero attached hydrogens (tertiary/aromatic N) is 2. The molecule has 0 unspecified atom stereocenters. The van der Waals surface area contributed by atoms with Crippen molar-refractivity contribution in [2.24, 2.45) is 0 Å². The maximum atomic E-state index is 2.35. The van der Waals surface area contributed by atoms with Gasteiger partial charge in [0.2, 0.25) is 0 Å². The average molecular weight is 534 g/mol. The molecule has 0 fully saturated rings. The third-order valence-electron chi connectivity index (χ3n) is 5.59. The van der Waals surface area contributed by atoms with Crippen LogP contribution in [0.4, 0.5) is 0 Å². The highest BCUT2D eigenvalue weighted by atomic mass is 79.9. The molecule has 162 valence electrons. The number of hydrogen-bond acceptors (Lipinski definition) is 0. The first-order valence-electron chi connectivity index (χ1n) is 10.7. The third-order valence-corrected chi connectivity index (χ3v) is 5.59. The van der Waals surface area contributed by atoms with E-state index in [9.17, 15) is 0 Å². The van der Waals surface area contributed by atoms with Crippen molar-refractivity contribution in [3.8, 4) is 0 Å². The topological polar surface area (TPSA) is 7.76 Å². The van der Waals surface area contributed by atoms with Crippen molar-refractivity contribution < 1.29 is 43.1 Å².